The third-order valence-corrected chi connectivity index (χ3v) is 5.46. The van der Waals surface area contributed by atoms with Gasteiger partial charge in [-0.3, -0.25) is 9.69 Å². The van der Waals surface area contributed by atoms with E-state index in [1.54, 1.807) is 0 Å². The van der Waals surface area contributed by atoms with E-state index in [0.29, 0.717) is 11.8 Å². The van der Waals surface area contributed by atoms with Crippen molar-refractivity contribution >= 4 is 29.1 Å². The van der Waals surface area contributed by atoms with Crippen LogP contribution in [0.3, 0.4) is 0 Å². The third-order valence-electron chi connectivity index (χ3n) is 4.59. The van der Waals surface area contributed by atoms with Crippen molar-refractivity contribution in [3.63, 3.8) is 0 Å². The van der Waals surface area contributed by atoms with E-state index in [-0.39, 0.29) is 23.9 Å². The first kappa shape index (κ1) is 18.5. The van der Waals surface area contributed by atoms with E-state index in [0.717, 1.165) is 30.8 Å². The number of nitrogens with two attached hydrogens (primary N) is 1. The van der Waals surface area contributed by atoms with Gasteiger partial charge >= 0.3 is 0 Å². The number of nitrogens with one attached hydrogen (secondary N) is 1. The Morgan fingerprint density at radius 3 is 2.69 bits per heavy atom. The van der Waals surface area contributed by atoms with Gasteiger partial charge in [0.05, 0.1) is 10.9 Å². The van der Waals surface area contributed by atoms with E-state index < -0.39 is 0 Å². The molecule has 3 rings (SSSR count). The van der Waals surface area contributed by atoms with Crippen LogP contribution in [0, 0.1) is 0 Å². The Kier molecular flexibility index (Phi) is 5.67. The highest BCUT2D eigenvalue weighted by Gasteiger charge is 2.27. The van der Waals surface area contributed by atoms with Crippen LogP contribution in [0.15, 0.2) is 17.5 Å². The summed E-state index contributed by atoms with van der Waals surface area (Å²) < 4.78 is 0. The number of thiophene rings is 1. The minimum Gasteiger partial charge on any atom is -0.368 e. The highest BCUT2D eigenvalue weighted by molar-refractivity contribution is 7.12. The van der Waals surface area contributed by atoms with Crippen molar-refractivity contribution in [1.29, 1.82) is 0 Å². The van der Waals surface area contributed by atoms with Crippen LogP contribution in [0.5, 0.6) is 0 Å². The fourth-order valence-corrected chi connectivity index (χ4v) is 3.67. The molecule has 0 bridgehead atoms. The van der Waals surface area contributed by atoms with E-state index in [9.17, 15) is 4.79 Å². The fraction of sp³-hybridized carbons (Fsp3) is 0.529. The van der Waals surface area contributed by atoms with E-state index in [2.05, 4.69) is 32.1 Å². The number of carbonyl (C=O) groups excluding carboxylic acids is 1. The second-order valence-electron chi connectivity index (χ2n) is 6.68. The van der Waals surface area contributed by atoms with Crippen LogP contribution < -0.4 is 16.0 Å². The number of hydrogen-bond acceptors (Lipinski definition) is 8. The summed E-state index contributed by atoms with van der Waals surface area (Å²) in [5.74, 6) is 1.51. The zero-order chi connectivity index (χ0) is 18.7. The molecule has 9 heteroatoms. The maximum atomic E-state index is 12.2. The van der Waals surface area contributed by atoms with Crippen LogP contribution >= 0.6 is 11.3 Å². The smallest absolute Gasteiger partial charge is 0.261 e. The molecule has 1 aliphatic heterocycles. The molecule has 2 aromatic rings. The lowest BCUT2D eigenvalue weighted by molar-refractivity contribution is 0.0897. The monoisotopic (exact) mass is 375 g/mol. The lowest BCUT2D eigenvalue weighted by Crippen LogP contribution is -2.45. The highest BCUT2D eigenvalue weighted by Crippen LogP contribution is 2.23. The van der Waals surface area contributed by atoms with Crippen molar-refractivity contribution in [3.8, 4) is 0 Å². The van der Waals surface area contributed by atoms with Gasteiger partial charge in [0.2, 0.25) is 11.9 Å². The molecule has 8 nitrogen and oxygen atoms in total. The number of piperidine rings is 1. The Balaban J connectivity index is 1.58. The van der Waals surface area contributed by atoms with Crippen LogP contribution in [-0.4, -0.2) is 59.0 Å². The number of carbonyl (C=O) groups is 1. The molecule has 0 aromatic carbocycles. The highest BCUT2D eigenvalue weighted by atomic mass is 32.1. The van der Waals surface area contributed by atoms with Crippen molar-refractivity contribution in [2.24, 2.45) is 0 Å². The number of amides is 1. The second-order valence-corrected chi connectivity index (χ2v) is 7.63. The van der Waals surface area contributed by atoms with Gasteiger partial charge in [0.15, 0.2) is 5.82 Å². The number of nitrogen functional groups attached to an aromatic ring is 1. The van der Waals surface area contributed by atoms with Gasteiger partial charge in [-0.1, -0.05) is 6.07 Å². The molecule has 0 spiro atoms. The Labute approximate surface area is 157 Å². The Morgan fingerprint density at radius 1 is 1.35 bits per heavy atom. The average molecular weight is 376 g/mol. The Hall–Kier alpha value is -2.26. The molecule has 2 aromatic heterocycles. The first-order valence-electron chi connectivity index (χ1n) is 8.71. The molecule has 0 aliphatic carbocycles. The molecular weight excluding hydrogens is 350 g/mol. The van der Waals surface area contributed by atoms with Crippen LogP contribution in [0.2, 0.25) is 0 Å². The van der Waals surface area contributed by atoms with Gasteiger partial charge < -0.3 is 16.0 Å². The van der Waals surface area contributed by atoms with Crippen molar-refractivity contribution in [2.75, 3.05) is 37.8 Å². The van der Waals surface area contributed by atoms with Crippen LogP contribution in [0.1, 0.15) is 41.3 Å². The normalized spacial score (nSPS) is 17.0. The van der Waals surface area contributed by atoms with E-state index in [4.69, 9.17) is 5.73 Å². The molecular formula is C17H25N7OS. The number of nitrogens with zero attached hydrogens (tertiary/aromatic N) is 5. The molecule has 1 aliphatic rings. The average Bonchev–Trinajstić information content (AvgIpc) is 3.16. The van der Waals surface area contributed by atoms with Gasteiger partial charge in [0.25, 0.3) is 5.91 Å². The maximum absolute atomic E-state index is 12.2. The first-order chi connectivity index (χ1) is 12.4. The molecule has 1 atom stereocenters. The molecule has 1 amide bonds. The lowest BCUT2D eigenvalue weighted by Gasteiger charge is -2.35. The summed E-state index contributed by atoms with van der Waals surface area (Å²) in [5, 5.41) is 5.05. The molecule has 0 radical (unpaired) electrons. The van der Waals surface area contributed by atoms with Gasteiger partial charge in [-0.15, -0.1) is 11.3 Å². The Bertz CT molecular complexity index is 742. The summed E-state index contributed by atoms with van der Waals surface area (Å²) in [6.07, 6.45) is 1.81. The lowest BCUT2D eigenvalue weighted by atomic mass is 10.0. The van der Waals surface area contributed by atoms with Crippen LogP contribution in [0.25, 0.3) is 0 Å². The predicted octanol–water partition coefficient (Wildman–Crippen LogP) is 1.54. The van der Waals surface area contributed by atoms with Crippen LogP contribution in [-0.2, 0) is 0 Å². The van der Waals surface area contributed by atoms with Crippen molar-refractivity contribution in [3.05, 3.63) is 28.2 Å². The molecule has 1 saturated heterocycles. The maximum Gasteiger partial charge on any atom is 0.261 e. The van der Waals surface area contributed by atoms with Gasteiger partial charge in [-0.2, -0.15) is 15.0 Å². The van der Waals surface area contributed by atoms with E-state index >= 15 is 0 Å². The summed E-state index contributed by atoms with van der Waals surface area (Å²) in [6, 6.07) is 4.00. The number of rotatable bonds is 5. The van der Waals surface area contributed by atoms with Gasteiger partial charge in [0, 0.05) is 33.2 Å². The number of aromatic nitrogens is 3. The molecule has 140 valence electrons. The van der Waals surface area contributed by atoms with E-state index in [1.807, 2.05) is 36.5 Å². The quantitative estimate of drug-likeness (QED) is 0.817. The zero-order valence-electron chi connectivity index (χ0n) is 15.3. The van der Waals surface area contributed by atoms with Gasteiger partial charge in [-0.25, -0.2) is 0 Å². The first-order valence-corrected chi connectivity index (χ1v) is 9.59. The molecule has 26 heavy (non-hydrogen) atoms. The fourth-order valence-electron chi connectivity index (χ4n) is 3.04. The zero-order valence-corrected chi connectivity index (χ0v) is 16.2. The summed E-state index contributed by atoms with van der Waals surface area (Å²) in [4.78, 5) is 30.1. The Morgan fingerprint density at radius 2 is 2.08 bits per heavy atom. The van der Waals surface area contributed by atoms with Gasteiger partial charge in [-0.05, 0) is 31.2 Å². The second kappa shape index (κ2) is 7.96. The molecule has 3 N–H and O–H groups in total. The summed E-state index contributed by atoms with van der Waals surface area (Å²) in [7, 11) is 3.76. The number of hydrogen-bond donors (Lipinski definition) is 2. The van der Waals surface area contributed by atoms with Gasteiger partial charge in [0.1, 0.15) is 0 Å². The molecule has 3 heterocycles. The largest absolute Gasteiger partial charge is 0.368 e. The molecule has 1 fully saturated rings. The topological polar surface area (TPSA) is 100 Å². The van der Waals surface area contributed by atoms with Crippen molar-refractivity contribution in [2.45, 2.75) is 31.8 Å². The minimum atomic E-state index is 0.0207. The van der Waals surface area contributed by atoms with Crippen molar-refractivity contribution < 1.29 is 4.79 Å². The van der Waals surface area contributed by atoms with E-state index in [1.165, 1.54) is 11.3 Å². The van der Waals surface area contributed by atoms with Crippen molar-refractivity contribution in [1.82, 2.24) is 25.2 Å². The molecule has 0 unspecified atom stereocenters. The van der Waals surface area contributed by atoms with Crippen LogP contribution in [0.4, 0.5) is 11.9 Å². The summed E-state index contributed by atoms with van der Waals surface area (Å²) in [5.41, 5.74) is 5.83. The summed E-state index contributed by atoms with van der Waals surface area (Å²) >= 11 is 1.47. The standard InChI is InChI=1S/C17H25N7OS/c1-11(14-20-16(18)22-17(21-14)23(2)3)24-8-6-12(7-9-24)19-15(25)13-5-4-10-26-13/h4-5,10-12H,6-9H2,1-3H3,(H,19,25)(H2,18,20,21,22)/t11-/m0/s1. The number of anilines is 2. The SMILES string of the molecule is C[C@@H](c1nc(N)nc(N(C)C)n1)N1CCC(NC(=O)c2cccs2)CC1. The predicted molar refractivity (Wildman–Crippen MR) is 103 cm³/mol. The third kappa shape index (κ3) is 4.28. The minimum absolute atomic E-state index is 0.0207. The number of likely N-dealkylation sites (tertiary alicyclic amines) is 1. The summed E-state index contributed by atoms with van der Waals surface area (Å²) in [6.45, 7) is 3.83. The molecule has 0 saturated carbocycles.